The highest BCUT2D eigenvalue weighted by atomic mass is 32.2. The highest BCUT2D eigenvalue weighted by Crippen LogP contribution is 2.27. The SMILES string of the molecule is COc1ccc(N2CCN([C@H](CNS(=O)(=O)c3c(C)cc(C)cc3C)c3ccco3)CC2)cc1. The quantitative estimate of drug-likeness (QED) is 0.521. The van der Waals surface area contributed by atoms with E-state index in [4.69, 9.17) is 9.15 Å². The largest absolute Gasteiger partial charge is 0.497 e. The average Bonchev–Trinajstić information content (AvgIpc) is 3.33. The Balaban J connectivity index is 1.47. The minimum absolute atomic E-state index is 0.186. The molecule has 182 valence electrons. The van der Waals surface area contributed by atoms with E-state index in [2.05, 4.69) is 26.7 Å². The smallest absolute Gasteiger partial charge is 0.241 e. The molecule has 1 saturated heterocycles. The molecule has 4 rings (SSSR count). The molecular weight excluding hydrogens is 450 g/mol. The van der Waals surface area contributed by atoms with Gasteiger partial charge in [0, 0.05) is 38.4 Å². The van der Waals surface area contributed by atoms with Gasteiger partial charge in [-0.2, -0.15) is 0 Å². The van der Waals surface area contributed by atoms with E-state index < -0.39 is 10.0 Å². The Morgan fingerprint density at radius 1 is 1.00 bits per heavy atom. The number of nitrogens with zero attached hydrogens (tertiary/aromatic N) is 2. The normalized spacial score (nSPS) is 15.9. The molecule has 7 nitrogen and oxygen atoms in total. The van der Waals surface area contributed by atoms with Crippen LogP contribution in [0.1, 0.15) is 28.5 Å². The number of furan rings is 1. The van der Waals surface area contributed by atoms with Gasteiger partial charge in [0.05, 0.1) is 24.3 Å². The second kappa shape index (κ2) is 10.2. The van der Waals surface area contributed by atoms with Crippen molar-refractivity contribution in [3.63, 3.8) is 0 Å². The molecule has 0 radical (unpaired) electrons. The van der Waals surface area contributed by atoms with Crippen LogP contribution in [0.15, 0.2) is 64.1 Å². The lowest BCUT2D eigenvalue weighted by Gasteiger charge is -2.39. The van der Waals surface area contributed by atoms with Crippen LogP contribution in [0.3, 0.4) is 0 Å². The number of ether oxygens (including phenoxy) is 1. The molecule has 1 aliphatic rings. The van der Waals surface area contributed by atoms with Gasteiger partial charge in [-0.05, 0) is 68.3 Å². The van der Waals surface area contributed by atoms with E-state index in [-0.39, 0.29) is 12.6 Å². The van der Waals surface area contributed by atoms with Crippen LogP contribution in [0, 0.1) is 20.8 Å². The standard InChI is InChI=1S/C26H33N3O4S/c1-19-16-20(2)26(21(3)17-19)34(30,31)27-18-24(25-6-5-15-33-25)29-13-11-28(12-14-29)22-7-9-23(32-4)10-8-22/h5-10,15-17,24,27H,11-14,18H2,1-4H3/t24-/m1/s1. The summed E-state index contributed by atoms with van der Waals surface area (Å²) < 4.78 is 40.3. The second-order valence-corrected chi connectivity index (χ2v) is 10.5. The fourth-order valence-corrected chi connectivity index (χ4v) is 6.31. The van der Waals surface area contributed by atoms with Gasteiger partial charge in [0.25, 0.3) is 0 Å². The maximum Gasteiger partial charge on any atom is 0.241 e. The molecule has 1 atom stereocenters. The topological polar surface area (TPSA) is 75.0 Å². The van der Waals surface area contributed by atoms with Crippen molar-refractivity contribution in [3.05, 3.63) is 77.2 Å². The number of aryl methyl sites for hydroxylation is 3. The van der Waals surface area contributed by atoms with Gasteiger partial charge in [-0.25, -0.2) is 13.1 Å². The van der Waals surface area contributed by atoms with Crippen molar-refractivity contribution < 1.29 is 17.6 Å². The summed E-state index contributed by atoms with van der Waals surface area (Å²) in [6.45, 7) is 9.17. The van der Waals surface area contributed by atoms with Gasteiger partial charge in [0.2, 0.25) is 10.0 Å². The number of benzene rings is 2. The predicted molar refractivity (Wildman–Crippen MR) is 134 cm³/mol. The summed E-state index contributed by atoms with van der Waals surface area (Å²) in [5.41, 5.74) is 3.72. The van der Waals surface area contributed by atoms with Crippen LogP contribution in [-0.2, 0) is 10.0 Å². The Kier molecular flexibility index (Phi) is 7.30. The molecule has 0 saturated carbocycles. The van der Waals surface area contributed by atoms with Gasteiger partial charge in [-0.15, -0.1) is 0 Å². The van der Waals surface area contributed by atoms with Crippen LogP contribution >= 0.6 is 0 Å². The summed E-state index contributed by atoms with van der Waals surface area (Å²) in [6, 6.07) is 15.5. The molecule has 0 amide bonds. The van der Waals surface area contributed by atoms with Crippen LogP contribution in [0.5, 0.6) is 5.75 Å². The van der Waals surface area contributed by atoms with Gasteiger partial charge >= 0.3 is 0 Å². The number of anilines is 1. The molecule has 0 spiro atoms. The zero-order valence-electron chi connectivity index (χ0n) is 20.2. The minimum atomic E-state index is -3.66. The Morgan fingerprint density at radius 3 is 2.21 bits per heavy atom. The van der Waals surface area contributed by atoms with Gasteiger partial charge in [0.1, 0.15) is 11.5 Å². The molecular formula is C26H33N3O4S. The molecule has 1 aliphatic heterocycles. The van der Waals surface area contributed by atoms with Crippen molar-refractivity contribution in [2.75, 3.05) is 44.7 Å². The van der Waals surface area contributed by atoms with Crippen LogP contribution < -0.4 is 14.4 Å². The van der Waals surface area contributed by atoms with E-state index in [1.165, 1.54) is 0 Å². The average molecular weight is 484 g/mol. The molecule has 1 fully saturated rings. The van der Waals surface area contributed by atoms with E-state index in [9.17, 15) is 8.42 Å². The first-order valence-corrected chi connectivity index (χ1v) is 13.0. The Morgan fingerprint density at radius 2 is 1.65 bits per heavy atom. The predicted octanol–water partition coefficient (Wildman–Crippen LogP) is 4.06. The number of piperazine rings is 1. The van der Waals surface area contributed by atoms with E-state index in [1.807, 2.05) is 57.2 Å². The third-order valence-corrected chi connectivity index (χ3v) is 8.13. The van der Waals surface area contributed by atoms with Gasteiger partial charge in [-0.1, -0.05) is 17.7 Å². The maximum atomic E-state index is 13.3. The van der Waals surface area contributed by atoms with Gasteiger partial charge in [-0.3, -0.25) is 4.90 Å². The number of rotatable bonds is 8. The Labute approximate surface area is 202 Å². The lowest BCUT2D eigenvalue weighted by Crippen LogP contribution is -2.49. The monoisotopic (exact) mass is 483 g/mol. The van der Waals surface area contributed by atoms with Crippen molar-refractivity contribution in [1.82, 2.24) is 9.62 Å². The molecule has 8 heteroatoms. The van der Waals surface area contributed by atoms with Gasteiger partial charge in [0.15, 0.2) is 0 Å². The fourth-order valence-electron chi connectivity index (χ4n) is 4.83. The zero-order chi connectivity index (χ0) is 24.3. The van der Waals surface area contributed by atoms with Crippen LogP contribution in [-0.4, -0.2) is 53.2 Å². The Hall–Kier alpha value is -2.81. The molecule has 0 aliphatic carbocycles. The highest BCUT2D eigenvalue weighted by Gasteiger charge is 2.29. The third kappa shape index (κ3) is 5.29. The lowest BCUT2D eigenvalue weighted by molar-refractivity contribution is 0.166. The number of methoxy groups -OCH3 is 1. The van der Waals surface area contributed by atoms with E-state index in [0.717, 1.165) is 60.1 Å². The van der Waals surface area contributed by atoms with Crippen molar-refractivity contribution in [2.24, 2.45) is 0 Å². The number of hydrogen-bond acceptors (Lipinski definition) is 6. The molecule has 2 heterocycles. The lowest BCUT2D eigenvalue weighted by atomic mass is 10.1. The van der Waals surface area contributed by atoms with E-state index in [1.54, 1.807) is 13.4 Å². The molecule has 0 unspecified atom stereocenters. The molecule has 0 bridgehead atoms. The van der Waals surface area contributed by atoms with Crippen molar-refractivity contribution >= 4 is 15.7 Å². The van der Waals surface area contributed by atoms with Crippen LogP contribution in [0.2, 0.25) is 0 Å². The number of nitrogens with one attached hydrogen (secondary N) is 1. The highest BCUT2D eigenvalue weighted by molar-refractivity contribution is 7.89. The molecule has 2 aromatic carbocycles. The fraction of sp³-hybridized carbons (Fsp3) is 0.385. The third-order valence-electron chi connectivity index (χ3n) is 6.40. The molecule has 34 heavy (non-hydrogen) atoms. The van der Waals surface area contributed by atoms with E-state index in [0.29, 0.717) is 4.90 Å². The van der Waals surface area contributed by atoms with Crippen molar-refractivity contribution in [1.29, 1.82) is 0 Å². The number of sulfonamides is 1. The minimum Gasteiger partial charge on any atom is -0.497 e. The maximum absolute atomic E-state index is 13.3. The zero-order valence-corrected chi connectivity index (χ0v) is 21.1. The second-order valence-electron chi connectivity index (χ2n) is 8.83. The van der Waals surface area contributed by atoms with Crippen molar-refractivity contribution in [2.45, 2.75) is 31.7 Å². The van der Waals surface area contributed by atoms with Gasteiger partial charge < -0.3 is 14.1 Å². The van der Waals surface area contributed by atoms with Crippen LogP contribution in [0.25, 0.3) is 0 Å². The summed E-state index contributed by atoms with van der Waals surface area (Å²) in [5.74, 6) is 1.60. The molecule has 1 N–H and O–H groups in total. The summed E-state index contributed by atoms with van der Waals surface area (Å²) in [4.78, 5) is 4.98. The summed E-state index contributed by atoms with van der Waals surface area (Å²) in [5, 5.41) is 0. The first-order chi connectivity index (χ1) is 16.3. The first kappa shape index (κ1) is 24.3. The van der Waals surface area contributed by atoms with Crippen LogP contribution in [0.4, 0.5) is 5.69 Å². The summed E-state index contributed by atoms with van der Waals surface area (Å²) in [7, 11) is -2.00. The Bertz CT molecular complexity index is 1180. The molecule has 3 aromatic rings. The van der Waals surface area contributed by atoms with E-state index >= 15 is 0 Å². The summed E-state index contributed by atoms with van der Waals surface area (Å²) >= 11 is 0. The molecule has 1 aromatic heterocycles. The number of hydrogen-bond donors (Lipinski definition) is 1. The van der Waals surface area contributed by atoms with Crippen molar-refractivity contribution in [3.8, 4) is 5.75 Å². The summed E-state index contributed by atoms with van der Waals surface area (Å²) in [6.07, 6.45) is 1.64. The first-order valence-electron chi connectivity index (χ1n) is 11.5.